The van der Waals surface area contributed by atoms with E-state index in [9.17, 15) is 9.36 Å². The summed E-state index contributed by atoms with van der Waals surface area (Å²) < 4.78 is 10.6. The minimum atomic E-state index is -1.42. The summed E-state index contributed by atoms with van der Waals surface area (Å²) in [6, 6.07) is 0. The Bertz CT molecular complexity index is 147. The normalized spacial score (nSPS) is 16.2. The topological polar surface area (TPSA) is 60.2 Å². The van der Waals surface area contributed by atoms with Gasteiger partial charge < -0.3 is 10.3 Å². The van der Waals surface area contributed by atoms with E-state index in [4.69, 9.17) is 5.73 Å². The minimum Gasteiger partial charge on any atom is -0.369 e. The van der Waals surface area contributed by atoms with Crippen molar-refractivity contribution in [3.05, 3.63) is 0 Å². The van der Waals surface area contributed by atoms with Gasteiger partial charge in [-0.05, 0) is 19.2 Å². The zero-order valence-electron chi connectivity index (χ0n) is 6.39. The number of carbonyl (C=O) groups excluding carboxylic acids is 1. The third kappa shape index (κ3) is 4.57. The summed E-state index contributed by atoms with van der Waals surface area (Å²) in [6.07, 6.45) is 1.29. The molecule has 0 radical (unpaired) electrons. The van der Waals surface area contributed by atoms with Crippen LogP contribution >= 0.6 is 7.80 Å². The Morgan fingerprint density at radius 3 is 2.50 bits per heavy atom. The molecule has 0 saturated carbocycles. The molecule has 2 unspecified atom stereocenters. The smallest absolute Gasteiger partial charge is 0.220 e. The second-order valence-corrected chi connectivity index (χ2v) is 4.45. The summed E-state index contributed by atoms with van der Waals surface area (Å²) in [5.41, 5.74) is 4.99. The highest BCUT2D eigenvalue weighted by Crippen LogP contribution is 2.17. The summed E-state index contributed by atoms with van der Waals surface area (Å²) in [4.78, 5) is 10.4. The highest BCUT2D eigenvalue weighted by molar-refractivity contribution is 7.43. The minimum absolute atomic E-state index is 0.131. The van der Waals surface area contributed by atoms with Gasteiger partial charge in [-0.3, -0.25) is 4.79 Å². The van der Waals surface area contributed by atoms with E-state index in [1.165, 1.54) is 0 Å². The summed E-state index contributed by atoms with van der Waals surface area (Å²) in [5.74, 6) is -0.433. The van der Waals surface area contributed by atoms with Crippen molar-refractivity contribution in [1.82, 2.24) is 0 Å². The first-order chi connectivity index (χ1) is 4.54. The van der Waals surface area contributed by atoms with Crippen molar-refractivity contribution in [2.45, 2.75) is 13.3 Å². The monoisotopic (exact) mass is 163 g/mol. The molecular weight excluding hydrogens is 149 g/mol. The van der Waals surface area contributed by atoms with E-state index in [0.29, 0.717) is 12.6 Å². The van der Waals surface area contributed by atoms with Crippen molar-refractivity contribution >= 4 is 13.7 Å². The summed E-state index contributed by atoms with van der Waals surface area (Å²) in [5, 5.41) is 0. The van der Waals surface area contributed by atoms with Crippen molar-refractivity contribution in [3.8, 4) is 0 Å². The lowest BCUT2D eigenvalue weighted by molar-refractivity contribution is -0.121. The molecule has 3 nitrogen and oxygen atoms in total. The van der Waals surface area contributed by atoms with Crippen LogP contribution in [0.1, 0.15) is 13.3 Å². The number of carbonyl (C=O) groups is 1. The first-order valence-electron chi connectivity index (χ1n) is 3.32. The SMILES string of the molecule is CC(CC[PH](C)=O)C(N)=O. The molecule has 0 aromatic carbocycles. The molecule has 0 aromatic heterocycles. The van der Waals surface area contributed by atoms with Crippen molar-refractivity contribution in [3.63, 3.8) is 0 Å². The fraction of sp³-hybridized carbons (Fsp3) is 0.833. The van der Waals surface area contributed by atoms with E-state index in [-0.39, 0.29) is 11.8 Å². The third-order valence-corrected chi connectivity index (χ3v) is 2.41. The lowest BCUT2D eigenvalue weighted by atomic mass is 10.1. The second-order valence-electron chi connectivity index (χ2n) is 2.54. The molecular formula is C6H14NO2P. The van der Waals surface area contributed by atoms with Gasteiger partial charge in [0.05, 0.1) is 7.80 Å². The third-order valence-electron chi connectivity index (χ3n) is 1.42. The molecule has 0 spiro atoms. The lowest BCUT2D eigenvalue weighted by Crippen LogP contribution is -2.20. The van der Waals surface area contributed by atoms with E-state index in [2.05, 4.69) is 0 Å². The van der Waals surface area contributed by atoms with E-state index < -0.39 is 7.80 Å². The zero-order chi connectivity index (χ0) is 8.15. The number of hydrogen-bond donors (Lipinski definition) is 1. The Balaban J connectivity index is 3.49. The van der Waals surface area contributed by atoms with Crippen LogP contribution in [0.15, 0.2) is 0 Å². The van der Waals surface area contributed by atoms with Crippen LogP contribution in [-0.2, 0) is 9.36 Å². The van der Waals surface area contributed by atoms with Gasteiger partial charge in [0.1, 0.15) is 0 Å². The van der Waals surface area contributed by atoms with Crippen LogP contribution < -0.4 is 5.73 Å². The Morgan fingerprint density at radius 2 is 2.20 bits per heavy atom. The molecule has 0 bridgehead atoms. The average Bonchev–Trinajstić information content (AvgIpc) is 1.82. The summed E-state index contributed by atoms with van der Waals surface area (Å²) in [7, 11) is -1.42. The zero-order valence-corrected chi connectivity index (χ0v) is 7.39. The largest absolute Gasteiger partial charge is 0.369 e. The maximum Gasteiger partial charge on any atom is 0.220 e. The van der Waals surface area contributed by atoms with Gasteiger partial charge in [0.2, 0.25) is 5.91 Å². The molecule has 0 saturated heterocycles. The van der Waals surface area contributed by atoms with Gasteiger partial charge in [0.15, 0.2) is 0 Å². The van der Waals surface area contributed by atoms with Crippen LogP contribution in [0.4, 0.5) is 0 Å². The maximum absolute atomic E-state index is 10.6. The maximum atomic E-state index is 10.6. The molecule has 0 aliphatic rings. The molecule has 2 N–H and O–H groups in total. The van der Waals surface area contributed by atoms with Gasteiger partial charge >= 0.3 is 0 Å². The number of primary amides is 1. The van der Waals surface area contributed by atoms with Crippen molar-refractivity contribution in [2.75, 3.05) is 12.8 Å². The first-order valence-corrected chi connectivity index (χ1v) is 5.44. The highest BCUT2D eigenvalue weighted by Gasteiger charge is 2.07. The molecule has 0 aromatic rings. The van der Waals surface area contributed by atoms with Gasteiger partial charge in [0.25, 0.3) is 0 Å². The van der Waals surface area contributed by atoms with Crippen LogP contribution in [0.3, 0.4) is 0 Å². The summed E-state index contributed by atoms with van der Waals surface area (Å²) >= 11 is 0. The van der Waals surface area contributed by atoms with E-state index in [0.717, 1.165) is 0 Å². The number of amides is 1. The molecule has 60 valence electrons. The van der Waals surface area contributed by atoms with Gasteiger partial charge in [-0.15, -0.1) is 0 Å². The number of nitrogens with two attached hydrogens (primary N) is 1. The Hall–Kier alpha value is -0.300. The average molecular weight is 163 g/mol. The van der Waals surface area contributed by atoms with Crippen LogP contribution in [0.5, 0.6) is 0 Å². The fourth-order valence-electron chi connectivity index (χ4n) is 0.562. The van der Waals surface area contributed by atoms with Crippen molar-refractivity contribution < 1.29 is 9.36 Å². The quantitative estimate of drug-likeness (QED) is 0.620. The molecule has 1 amide bonds. The fourth-order valence-corrected chi connectivity index (χ4v) is 1.40. The number of hydrogen-bond acceptors (Lipinski definition) is 2. The number of rotatable bonds is 4. The van der Waals surface area contributed by atoms with Crippen molar-refractivity contribution in [2.24, 2.45) is 11.7 Å². The van der Waals surface area contributed by atoms with Crippen LogP contribution in [0.2, 0.25) is 0 Å². The molecule has 4 heteroatoms. The molecule has 0 fully saturated rings. The van der Waals surface area contributed by atoms with Gasteiger partial charge in [-0.2, -0.15) is 0 Å². The van der Waals surface area contributed by atoms with E-state index >= 15 is 0 Å². The summed E-state index contributed by atoms with van der Waals surface area (Å²) in [6.45, 7) is 3.45. The standard InChI is InChI=1S/C6H14NO2P/c1-5(6(7)8)3-4-10(2)9/h5,10H,3-4H2,1-2H3,(H2,7,8). The molecule has 10 heavy (non-hydrogen) atoms. The molecule has 0 aliphatic carbocycles. The van der Waals surface area contributed by atoms with Gasteiger partial charge in [0, 0.05) is 5.92 Å². The molecule has 0 rings (SSSR count). The first kappa shape index (κ1) is 9.70. The molecule has 0 aliphatic heterocycles. The Kier molecular flexibility index (Phi) is 4.37. The van der Waals surface area contributed by atoms with Crippen LogP contribution in [0, 0.1) is 5.92 Å². The molecule has 0 heterocycles. The predicted octanol–water partition coefficient (Wildman–Crippen LogP) is 0.687. The highest BCUT2D eigenvalue weighted by atomic mass is 31.1. The Morgan fingerprint density at radius 1 is 1.70 bits per heavy atom. The second kappa shape index (κ2) is 4.51. The van der Waals surface area contributed by atoms with E-state index in [1.54, 1.807) is 13.6 Å². The Labute approximate surface area is 61.8 Å². The van der Waals surface area contributed by atoms with E-state index in [1.807, 2.05) is 0 Å². The van der Waals surface area contributed by atoms with Crippen LogP contribution in [-0.4, -0.2) is 18.7 Å². The van der Waals surface area contributed by atoms with Gasteiger partial charge in [-0.1, -0.05) is 6.92 Å². The van der Waals surface area contributed by atoms with Crippen molar-refractivity contribution in [1.29, 1.82) is 0 Å². The van der Waals surface area contributed by atoms with Crippen LogP contribution in [0.25, 0.3) is 0 Å². The van der Waals surface area contributed by atoms with Gasteiger partial charge in [-0.25, -0.2) is 0 Å². The lowest BCUT2D eigenvalue weighted by Gasteiger charge is -2.03. The molecule has 2 atom stereocenters. The predicted molar refractivity (Wildman–Crippen MR) is 42.8 cm³/mol.